The molecule has 0 aliphatic heterocycles. The third-order valence-electron chi connectivity index (χ3n) is 3.75. The van der Waals surface area contributed by atoms with Gasteiger partial charge in [-0.2, -0.15) is 0 Å². The molecule has 4 aromatic rings. The number of aromatic hydroxyl groups is 1. The van der Waals surface area contributed by atoms with Gasteiger partial charge in [-0.3, -0.25) is 4.99 Å². The van der Waals surface area contributed by atoms with Crippen LogP contribution in [-0.2, 0) is 0 Å². The average Bonchev–Trinajstić information content (AvgIpc) is 2.92. The van der Waals surface area contributed by atoms with Crippen LogP contribution in [-0.4, -0.2) is 16.3 Å². The Kier molecular flexibility index (Phi) is 2.90. The van der Waals surface area contributed by atoms with Crippen LogP contribution >= 0.6 is 0 Å². The van der Waals surface area contributed by atoms with E-state index in [1.807, 2.05) is 30.3 Å². The Morgan fingerprint density at radius 1 is 0.818 bits per heavy atom. The number of benzene rings is 3. The first-order valence-electron chi connectivity index (χ1n) is 7.13. The number of fused-ring (bicyclic) bond motifs is 3. The highest BCUT2D eigenvalue weighted by Crippen LogP contribution is 2.28. The Morgan fingerprint density at radius 2 is 1.59 bits per heavy atom. The third-order valence-corrected chi connectivity index (χ3v) is 3.75. The van der Waals surface area contributed by atoms with Gasteiger partial charge in [-0.1, -0.05) is 18.2 Å². The van der Waals surface area contributed by atoms with E-state index in [9.17, 15) is 5.11 Å². The van der Waals surface area contributed by atoms with Crippen LogP contribution in [0.5, 0.6) is 5.75 Å². The van der Waals surface area contributed by atoms with Crippen LogP contribution in [0.15, 0.2) is 71.7 Å². The van der Waals surface area contributed by atoms with Crippen molar-refractivity contribution in [1.82, 2.24) is 4.98 Å². The fraction of sp³-hybridized carbons (Fsp3) is 0. The third kappa shape index (κ3) is 2.23. The lowest BCUT2D eigenvalue weighted by Crippen LogP contribution is -1.78. The van der Waals surface area contributed by atoms with Crippen LogP contribution in [0, 0.1) is 0 Å². The molecule has 1 aromatic heterocycles. The number of phenols is 1. The second kappa shape index (κ2) is 5.04. The number of para-hydroxylation sites is 1. The zero-order chi connectivity index (χ0) is 14.9. The van der Waals surface area contributed by atoms with Crippen molar-refractivity contribution < 1.29 is 5.11 Å². The zero-order valence-electron chi connectivity index (χ0n) is 11.8. The zero-order valence-corrected chi connectivity index (χ0v) is 11.8. The Labute approximate surface area is 127 Å². The standard InChI is InChI=1S/C19H14N2O/c22-15-8-5-13(6-9-15)12-20-14-7-10-19-17(11-14)16-3-1-2-4-18(16)21-19/h1-12,21-22H. The number of hydrogen-bond acceptors (Lipinski definition) is 2. The van der Waals surface area contributed by atoms with Crippen LogP contribution in [0.3, 0.4) is 0 Å². The fourth-order valence-corrected chi connectivity index (χ4v) is 2.63. The van der Waals surface area contributed by atoms with Crippen LogP contribution < -0.4 is 0 Å². The number of aliphatic imine (C=N–C) groups is 1. The molecule has 3 nitrogen and oxygen atoms in total. The summed E-state index contributed by atoms with van der Waals surface area (Å²) < 4.78 is 0. The minimum absolute atomic E-state index is 0.261. The SMILES string of the molecule is Oc1ccc(C=Nc2ccc3[nH]c4ccccc4c3c2)cc1. The van der Waals surface area contributed by atoms with Gasteiger partial charge in [-0.15, -0.1) is 0 Å². The van der Waals surface area contributed by atoms with Crippen molar-refractivity contribution in [3.05, 3.63) is 72.3 Å². The highest BCUT2D eigenvalue weighted by Gasteiger charge is 2.03. The van der Waals surface area contributed by atoms with E-state index in [0.29, 0.717) is 0 Å². The van der Waals surface area contributed by atoms with Gasteiger partial charge < -0.3 is 10.1 Å². The molecule has 0 amide bonds. The molecule has 4 rings (SSSR count). The number of nitrogens with zero attached hydrogens (tertiary/aromatic N) is 1. The second-order valence-electron chi connectivity index (χ2n) is 5.25. The fourth-order valence-electron chi connectivity index (χ4n) is 2.63. The molecule has 1 heterocycles. The molecule has 0 spiro atoms. The minimum Gasteiger partial charge on any atom is -0.508 e. The van der Waals surface area contributed by atoms with Gasteiger partial charge in [0.2, 0.25) is 0 Å². The Balaban J connectivity index is 1.75. The van der Waals surface area contributed by atoms with Crippen LogP contribution in [0.4, 0.5) is 5.69 Å². The molecule has 0 aliphatic carbocycles. The van der Waals surface area contributed by atoms with Gasteiger partial charge in [-0.25, -0.2) is 0 Å². The lowest BCUT2D eigenvalue weighted by atomic mass is 10.1. The van der Waals surface area contributed by atoms with E-state index in [1.165, 1.54) is 10.8 Å². The van der Waals surface area contributed by atoms with E-state index in [1.54, 1.807) is 18.3 Å². The van der Waals surface area contributed by atoms with E-state index in [2.05, 4.69) is 34.2 Å². The lowest BCUT2D eigenvalue weighted by Gasteiger charge is -1.96. The Hall–Kier alpha value is -3.07. The minimum atomic E-state index is 0.261. The summed E-state index contributed by atoms with van der Waals surface area (Å²) in [7, 11) is 0. The number of phenolic OH excluding ortho intramolecular Hbond substituents is 1. The predicted octanol–water partition coefficient (Wildman–Crippen LogP) is 4.78. The number of aromatic nitrogens is 1. The first kappa shape index (κ1) is 12.7. The van der Waals surface area contributed by atoms with Gasteiger partial charge in [0.1, 0.15) is 5.75 Å². The van der Waals surface area contributed by atoms with E-state index in [4.69, 9.17) is 0 Å². The number of aromatic amines is 1. The largest absolute Gasteiger partial charge is 0.508 e. The molecule has 22 heavy (non-hydrogen) atoms. The predicted molar refractivity (Wildman–Crippen MR) is 91.2 cm³/mol. The first-order valence-corrected chi connectivity index (χ1v) is 7.13. The molecular weight excluding hydrogens is 272 g/mol. The monoisotopic (exact) mass is 286 g/mol. The van der Waals surface area contributed by atoms with E-state index in [0.717, 1.165) is 22.3 Å². The van der Waals surface area contributed by atoms with Gasteiger partial charge in [0.25, 0.3) is 0 Å². The van der Waals surface area contributed by atoms with Gasteiger partial charge in [-0.05, 0) is 54.1 Å². The molecule has 0 saturated carbocycles. The van der Waals surface area contributed by atoms with Gasteiger partial charge in [0, 0.05) is 28.0 Å². The Bertz CT molecular complexity index is 981. The van der Waals surface area contributed by atoms with E-state index in [-0.39, 0.29) is 5.75 Å². The molecule has 0 fully saturated rings. The van der Waals surface area contributed by atoms with Crippen LogP contribution in [0.2, 0.25) is 0 Å². The summed E-state index contributed by atoms with van der Waals surface area (Å²) in [6.45, 7) is 0. The molecule has 0 atom stereocenters. The Morgan fingerprint density at radius 3 is 2.45 bits per heavy atom. The summed E-state index contributed by atoms with van der Waals surface area (Å²) in [5, 5.41) is 11.7. The average molecular weight is 286 g/mol. The molecule has 3 aromatic carbocycles. The van der Waals surface area contributed by atoms with E-state index < -0.39 is 0 Å². The maximum absolute atomic E-state index is 9.29. The highest BCUT2D eigenvalue weighted by atomic mass is 16.3. The van der Waals surface area contributed by atoms with Gasteiger partial charge in [0.15, 0.2) is 0 Å². The normalized spacial score (nSPS) is 11.6. The molecule has 0 unspecified atom stereocenters. The quantitative estimate of drug-likeness (QED) is 0.512. The van der Waals surface area contributed by atoms with Crippen molar-refractivity contribution in [1.29, 1.82) is 0 Å². The smallest absolute Gasteiger partial charge is 0.115 e. The molecular formula is C19H14N2O. The van der Waals surface area contributed by atoms with Crippen molar-refractivity contribution in [2.45, 2.75) is 0 Å². The maximum Gasteiger partial charge on any atom is 0.115 e. The first-order chi connectivity index (χ1) is 10.8. The summed E-state index contributed by atoms with van der Waals surface area (Å²) in [6, 6.07) is 21.4. The molecule has 106 valence electrons. The van der Waals surface area contributed by atoms with Gasteiger partial charge >= 0.3 is 0 Å². The molecule has 0 aliphatic rings. The summed E-state index contributed by atoms with van der Waals surface area (Å²) in [5.41, 5.74) is 4.11. The van der Waals surface area contributed by atoms with E-state index >= 15 is 0 Å². The maximum atomic E-state index is 9.29. The number of rotatable bonds is 2. The van der Waals surface area contributed by atoms with Crippen molar-refractivity contribution in [3.8, 4) is 5.75 Å². The lowest BCUT2D eigenvalue weighted by molar-refractivity contribution is 0.475. The number of nitrogens with one attached hydrogen (secondary N) is 1. The summed E-state index contributed by atoms with van der Waals surface area (Å²) in [5.74, 6) is 0.261. The summed E-state index contributed by atoms with van der Waals surface area (Å²) >= 11 is 0. The van der Waals surface area contributed by atoms with Crippen molar-refractivity contribution in [2.24, 2.45) is 4.99 Å². The topological polar surface area (TPSA) is 48.4 Å². The van der Waals surface area contributed by atoms with Crippen molar-refractivity contribution in [3.63, 3.8) is 0 Å². The number of hydrogen-bond donors (Lipinski definition) is 2. The van der Waals surface area contributed by atoms with Crippen LogP contribution in [0.25, 0.3) is 21.8 Å². The van der Waals surface area contributed by atoms with Crippen molar-refractivity contribution >= 4 is 33.7 Å². The molecule has 0 saturated heterocycles. The van der Waals surface area contributed by atoms with Crippen LogP contribution in [0.1, 0.15) is 5.56 Å². The number of H-pyrrole nitrogens is 1. The molecule has 2 N–H and O–H groups in total. The van der Waals surface area contributed by atoms with Crippen molar-refractivity contribution in [2.75, 3.05) is 0 Å². The molecule has 3 heteroatoms. The summed E-state index contributed by atoms with van der Waals surface area (Å²) in [4.78, 5) is 7.93. The van der Waals surface area contributed by atoms with Gasteiger partial charge in [0.05, 0.1) is 5.69 Å². The molecule has 0 bridgehead atoms. The second-order valence-corrected chi connectivity index (χ2v) is 5.25. The molecule has 0 radical (unpaired) electrons. The highest BCUT2D eigenvalue weighted by molar-refractivity contribution is 6.08. The summed E-state index contributed by atoms with van der Waals surface area (Å²) in [6.07, 6.45) is 1.80.